The van der Waals surface area contributed by atoms with Gasteiger partial charge >= 0.3 is 7.69 Å². The molecule has 11 aromatic rings. The van der Waals surface area contributed by atoms with E-state index in [0.717, 1.165) is 42.0 Å². The van der Waals surface area contributed by atoms with Crippen LogP contribution < -0.4 is 27.2 Å². The molecular formula is C75H86BN4O2. The number of nitrogens with two attached hydrogens (primary N) is 3. The minimum Gasteiger partial charge on any atom is -0.537 e. The third-order valence-corrected chi connectivity index (χ3v) is 10.7. The van der Waals surface area contributed by atoms with Crippen molar-refractivity contribution in [1.82, 2.24) is 0 Å². The molecule has 8 N–H and O–H groups in total. The predicted molar refractivity (Wildman–Crippen MR) is 358 cm³/mol. The maximum atomic E-state index is 8.17. The molecule has 11 aromatic carbocycles. The van der Waals surface area contributed by atoms with E-state index in [-0.39, 0.29) is 0 Å². The molecule has 7 heteroatoms. The second kappa shape index (κ2) is 48.6. The Morgan fingerprint density at radius 2 is 0.476 bits per heavy atom. The number of hydrogen-bond acceptors (Lipinski definition) is 6. The highest BCUT2D eigenvalue weighted by Crippen LogP contribution is 2.11. The van der Waals surface area contributed by atoms with Gasteiger partial charge in [-0.25, -0.2) is 0 Å². The van der Waals surface area contributed by atoms with Gasteiger partial charge in [0.2, 0.25) is 0 Å². The molecule has 0 spiro atoms. The van der Waals surface area contributed by atoms with Gasteiger partial charge in [-0.2, -0.15) is 0 Å². The fourth-order valence-electron chi connectivity index (χ4n) is 6.81. The van der Waals surface area contributed by atoms with Gasteiger partial charge in [-0.05, 0) is 113 Å². The summed E-state index contributed by atoms with van der Waals surface area (Å²) >= 11 is 0. The third-order valence-electron chi connectivity index (χ3n) is 10.7. The van der Waals surface area contributed by atoms with Gasteiger partial charge in [0.05, 0.1) is 5.75 Å². The third kappa shape index (κ3) is 37.3. The number of nitrogens with one attached hydrogen (secondary N) is 1. The van der Waals surface area contributed by atoms with Gasteiger partial charge in [0.1, 0.15) is 0 Å². The van der Waals surface area contributed by atoms with Gasteiger partial charge in [-0.15, -0.1) is 0 Å². The molecule has 0 bridgehead atoms. The molecule has 0 saturated heterocycles. The van der Waals surface area contributed by atoms with Crippen molar-refractivity contribution in [2.45, 2.75) is 53.4 Å². The lowest BCUT2D eigenvalue weighted by molar-refractivity contribution is 0.454. The van der Waals surface area contributed by atoms with Gasteiger partial charge in [-0.1, -0.05) is 307 Å². The van der Waals surface area contributed by atoms with Crippen LogP contribution in [-0.4, -0.2) is 19.8 Å². The SMILES string of the molecule is CC.CCC.CNc1ccccc1.Nc1ccccc1.Nc1ccccc1.Nc1ccccc1.O[B]Oc1ccccc1.c1ccc(Cc2ccccc2)cc1.c1ccc(Cc2ccccc2)cc1.c1ccc(Cc2ccccc2)cc1. The Labute approximate surface area is 493 Å². The van der Waals surface area contributed by atoms with Crippen molar-refractivity contribution in [3.8, 4) is 5.75 Å². The molecule has 11 rings (SSSR count). The van der Waals surface area contributed by atoms with Crippen molar-refractivity contribution in [2.75, 3.05) is 29.6 Å². The van der Waals surface area contributed by atoms with E-state index in [1.54, 1.807) is 12.1 Å². The lowest BCUT2D eigenvalue weighted by Crippen LogP contribution is -1.98. The van der Waals surface area contributed by atoms with Gasteiger partial charge < -0.3 is 32.2 Å². The molecule has 421 valence electrons. The summed E-state index contributed by atoms with van der Waals surface area (Å²) in [6.45, 7) is 8.25. The van der Waals surface area contributed by atoms with Gasteiger partial charge in [0, 0.05) is 29.8 Å². The second-order valence-electron chi connectivity index (χ2n) is 17.5. The molecule has 0 fully saturated rings. The first-order valence-electron chi connectivity index (χ1n) is 27.9. The maximum absolute atomic E-state index is 8.17. The zero-order valence-electron chi connectivity index (χ0n) is 48.7. The molecule has 0 atom stereocenters. The Morgan fingerprint density at radius 3 is 0.622 bits per heavy atom. The normalized spacial score (nSPS) is 8.95. The largest absolute Gasteiger partial charge is 0.569 e. The van der Waals surface area contributed by atoms with Crippen LogP contribution in [0.2, 0.25) is 0 Å². The summed E-state index contributed by atoms with van der Waals surface area (Å²) in [5.41, 5.74) is 27.9. The highest BCUT2D eigenvalue weighted by Gasteiger charge is 1.95. The Balaban J connectivity index is 0.000000320. The van der Waals surface area contributed by atoms with Crippen LogP contribution in [0, 0.1) is 0 Å². The average molecular weight is 1090 g/mol. The summed E-state index contributed by atoms with van der Waals surface area (Å²) < 4.78 is 4.64. The van der Waals surface area contributed by atoms with Gasteiger partial charge in [0.25, 0.3) is 0 Å². The fourth-order valence-corrected chi connectivity index (χ4v) is 6.81. The van der Waals surface area contributed by atoms with Crippen molar-refractivity contribution in [2.24, 2.45) is 0 Å². The Morgan fingerprint density at radius 1 is 0.305 bits per heavy atom. The predicted octanol–water partition coefficient (Wildman–Crippen LogP) is 18.4. The molecule has 0 heterocycles. The molecule has 0 saturated carbocycles. The monoisotopic (exact) mass is 1090 g/mol. The fraction of sp³-hybridized carbons (Fsp3) is 0.120. The smallest absolute Gasteiger partial charge is 0.537 e. The molecule has 0 aromatic heterocycles. The molecule has 0 unspecified atom stereocenters. The number of anilines is 4. The van der Waals surface area contributed by atoms with Crippen molar-refractivity contribution >= 4 is 30.4 Å². The van der Waals surface area contributed by atoms with Crippen LogP contribution in [0.4, 0.5) is 22.7 Å². The quantitative estimate of drug-likeness (QED) is 0.0726. The minimum absolute atomic E-state index is 0.639. The van der Waals surface area contributed by atoms with E-state index in [1.165, 1.54) is 39.8 Å². The summed E-state index contributed by atoms with van der Waals surface area (Å²) in [6, 6.07) is 111. The molecule has 0 aliphatic heterocycles. The van der Waals surface area contributed by atoms with E-state index in [1.807, 2.05) is 160 Å². The summed E-state index contributed by atoms with van der Waals surface area (Å²) in [5, 5.41) is 11.2. The standard InChI is InChI=1S/3C13H12.C7H9N.C6H6BO2.3C6H7N.C3H8.C2H6/c3*1-3-7-12(8-4-1)11-13-9-5-2-6-10-13;1-8-7-5-3-2-4-6-7;8-7-9-6-4-2-1-3-5-6;3*7-6-4-2-1-3-5-6;1-3-2;1-2/h3*1-10H,11H2;2-6,8H,1H3;1-5,8H;3*1-5H,7H2;3H2,1-2H3;1-2H3. The molecule has 0 amide bonds. The van der Waals surface area contributed by atoms with Crippen LogP contribution in [0.25, 0.3) is 0 Å². The Hall–Kier alpha value is -9.56. The first kappa shape index (κ1) is 68.6. The van der Waals surface area contributed by atoms with Gasteiger partial charge in [-0.3, -0.25) is 0 Å². The summed E-state index contributed by atoms with van der Waals surface area (Å²) in [4.78, 5) is 0. The lowest BCUT2D eigenvalue weighted by Gasteiger charge is -2.00. The van der Waals surface area contributed by atoms with Crippen molar-refractivity contribution in [3.05, 3.63) is 367 Å². The van der Waals surface area contributed by atoms with E-state index in [9.17, 15) is 0 Å². The average Bonchev–Trinajstić information content (AvgIpc) is 3.54. The topological polar surface area (TPSA) is 120 Å². The number of para-hydroxylation sites is 5. The van der Waals surface area contributed by atoms with E-state index in [2.05, 4.69) is 206 Å². The number of rotatable bonds is 9. The molecular weight excluding hydrogens is 1000 g/mol. The summed E-state index contributed by atoms with van der Waals surface area (Å²) in [5.74, 6) is 0.639. The number of nitrogen functional groups attached to an aromatic ring is 3. The highest BCUT2D eigenvalue weighted by molar-refractivity contribution is 6.17. The lowest BCUT2D eigenvalue weighted by atomic mass is 10.1. The van der Waals surface area contributed by atoms with E-state index >= 15 is 0 Å². The Bertz CT molecular complexity index is 2640. The van der Waals surface area contributed by atoms with Crippen LogP contribution in [0.1, 0.15) is 67.5 Å². The summed E-state index contributed by atoms with van der Waals surface area (Å²) in [6.07, 6.45) is 4.34. The van der Waals surface area contributed by atoms with E-state index in [0.29, 0.717) is 13.4 Å². The first-order chi connectivity index (χ1) is 40.3. The van der Waals surface area contributed by atoms with Crippen LogP contribution >= 0.6 is 0 Å². The first-order valence-corrected chi connectivity index (χ1v) is 27.9. The second-order valence-corrected chi connectivity index (χ2v) is 17.5. The number of benzene rings is 11. The van der Waals surface area contributed by atoms with Crippen molar-refractivity contribution in [3.63, 3.8) is 0 Å². The molecule has 0 aliphatic rings. The van der Waals surface area contributed by atoms with Crippen LogP contribution in [0.3, 0.4) is 0 Å². The zero-order chi connectivity index (χ0) is 59.2. The number of hydrogen-bond donors (Lipinski definition) is 5. The van der Waals surface area contributed by atoms with Crippen LogP contribution in [-0.2, 0) is 19.3 Å². The molecule has 1 radical (unpaired) electrons. The molecule has 0 aliphatic carbocycles. The summed E-state index contributed by atoms with van der Waals surface area (Å²) in [7, 11) is 2.57. The zero-order valence-corrected chi connectivity index (χ0v) is 48.7. The van der Waals surface area contributed by atoms with Crippen molar-refractivity contribution in [1.29, 1.82) is 0 Å². The van der Waals surface area contributed by atoms with Crippen LogP contribution in [0.5, 0.6) is 5.75 Å². The van der Waals surface area contributed by atoms with E-state index < -0.39 is 0 Å². The van der Waals surface area contributed by atoms with E-state index in [4.69, 9.17) is 22.2 Å². The highest BCUT2D eigenvalue weighted by atomic mass is 16.5. The maximum Gasteiger partial charge on any atom is 0.569 e. The van der Waals surface area contributed by atoms with Crippen LogP contribution in [0.15, 0.2) is 334 Å². The molecule has 6 nitrogen and oxygen atoms in total. The van der Waals surface area contributed by atoms with Crippen molar-refractivity contribution < 1.29 is 9.68 Å². The molecule has 82 heavy (non-hydrogen) atoms. The minimum atomic E-state index is 0.639. The van der Waals surface area contributed by atoms with Gasteiger partial charge in [0.15, 0.2) is 0 Å². The Kier molecular flexibility index (Phi) is 40.6.